The van der Waals surface area contributed by atoms with Gasteiger partial charge in [-0.2, -0.15) is 0 Å². The number of pyridine rings is 1. The van der Waals surface area contributed by atoms with Crippen LogP contribution in [0.4, 0.5) is 5.69 Å². The molecule has 1 atom stereocenters. The Bertz CT molecular complexity index is 1430. The molecule has 0 amide bonds. The van der Waals surface area contributed by atoms with Crippen LogP contribution in [0.3, 0.4) is 0 Å². The van der Waals surface area contributed by atoms with Crippen LogP contribution in [0.25, 0.3) is 0 Å². The van der Waals surface area contributed by atoms with E-state index in [4.69, 9.17) is 39.5 Å². The monoisotopic (exact) mass is 566 g/mol. The van der Waals surface area contributed by atoms with Crippen molar-refractivity contribution in [2.75, 3.05) is 10.8 Å². The van der Waals surface area contributed by atoms with Gasteiger partial charge in [-0.25, -0.2) is 13.4 Å². The van der Waals surface area contributed by atoms with E-state index in [-0.39, 0.29) is 68.0 Å². The predicted molar refractivity (Wildman–Crippen MR) is 139 cm³/mol. The molecule has 7 nitrogen and oxygen atoms in total. The molecule has 1 aliphatic rings. The van der Waals surface area contributed by atoms with Crippen LogP contribution in [-0.2, 0) is 21.2 Å². The summed E-state index contributed by atoms with van der Waals surface area (Å²) < 4.78 is 34.4. The topological polar surface area (TPSA) is 93.6 Å². The lowest BCUT2D eigenvalue weighted by molar-refractivity contribution is -0.117. The van der Waals surface area contributed by atoms with Gasteiger partial charge < -0.3 is 9.53 Å². The van der Waals surface area contributed by atoms with Crippen LogP contribution in [0.5, 0.6) is 5.88 Å². The van der Waals surface area contributed by atoms with E-state index in [0.717, 1.165) is 0 Å². The number of sulfonamides is 1. The molecule has 1 aliphatic heterocycles. The summed E-state index contributed by atoms with van der Waals surface area (Å²) in [5, 5.41) is 0.715. The third kappa shape index (κ3) is 5.67. The average molecular weight is 568 g/mol. The SMILES string of the molecule is CC(=O)CC[C@H]1CN(S(=O)(=O)c2cccc(Cl)c2)c2cc(CC(=O)c3c(Cl)cccc3Cl)cnc2O1. The number of nitrogens with zero attached hydrogens (tertiary/aromatic N) is 2. The van der Waals surface area contributed by atoms with E-state index in [9.17, 15) is 18.0 Å². The van der Waals surface area contributed by atoms with Crippen LogP contribution < -0.4 is 9.04 Å². The van der Waals surface area contributed by atoms with E-state index in [0.29, 0.717) is 12.0 Å². The fourth-order valence-electron chi connectivity index (χ4n) is 3.86. The van der Waals surface area contributed by atoms with Gasteiger partial charge in [-0.15, -0.1) is 0 Å². The van der Waals surface area contributed by atoms with Gasteiger partial charge in [-0.05, 0) is 55.3 Å². The first-order valence-corrected chi connectivity index (χ1v) is 13.5. The molecule has 2 heterocycles. The fourth-order valence-corrected chi connectivity index (χ4v) is 6.26. The maximum absolute atomic E-state index is 13.6. The summed E-state index contributed by atoms with van der Waals surface area (Å²) >= 11 is 18.4. The lowest BCUT2D eigenvalue weighted by Crippen LogP contribution is -2.44. The van der Waals surface area contributed by atoms with Crippen LogP contribution in [0.15, 0.2) is 59.6 Å². The molecule has 11 heteroatoms. The number of carbonyl (C=O) groups is 2. The van der Waals surface area contributed by atoms with E-state index in [1.54, 1.807) is 36.4 Å². The van der Waals surface area contributed by atoms with E-state index >= 15 is 0 Å². The molecule has 0 bridgehead atoms. The number of aromatic nitrogens is 1. The molecule has 188 valence electrons. The summed E-state index contributed by atoms with van der Waals surface area (Å²) in [5.41, 5.74) is 0.818. The van der Waals surface area contributed by atoms with Crippen molar-refractivity contribution in [3.63, 3.8) is 0 Å². The highest BCUT2D eigenvalue weighted by molar-refractivity contribution is 7.92. The highest BCUT2D eigenvalue weighted by atomic mass is 35.5. The maximum atomic E-state index is 13.6. The minimum atomic E-state index is -4.06. The van der Waals surface area contributed by atoms with Gasteiger partial charge in [0.1, 0.15) is 17.6 Å². The van der Waals surface area contributed by atoms with Crippen molar-refractivity contribution < 1.29 is 22.7 Å². The second-order valence-corrected chi connectivity index (χ2v) is 11.5. The fraction of sp³-hybridized carbons (Fsp3) is 0.240. The lowest BCUT2D eigenvalue weighted by atomic mass is 10.0. The molecule has 4 rings (SSSR count). The van der Waals surface area contributed by atoms with Crippen LogP contribution in [0.2, 0.25) is 15.1 Å². The Kier molecular flexibility index (Phi) is 7.90. The van der Waals surface area contributed by atoms with Gasteiger partial charge in [0.25, 0.3) is 10.0 Å². The van der Waals surface area contributed by atoms with Gasteiger partial charge in [-0.1, -0.05) is 46.9 Å². The van der Waals surface area contributed by atoms with Crippen LogP contribution in [0.1, 0.15) is 35.7 Å². The Morgan fingerprint density at radius 2 is 1.78 bits per heavy atom. The molecule has 0 saturated carbocycles. The number of ether oxygens (including phenoxy) is 1. The van der Waals surface area contributed by atoms with Gasteiger partial charge in [0, 0.05) is 24.1 Å². The minimum Gasteiger partial charge on any atom is -0.471 e. The number of fused-ring (bicyclic) bond motifs is 1. The Morgan fingerprint density at radius 3 is 2.44 bits per heavy atom. The lowest BCUT2D eigenvalue weighted by Gasteiger charge is -2.35. The molecule has 0 fully saturated rings. The van der Waals surface area contributed by atoms with Crippen LogP contribution in [-0.4, -0.2) is 37.6 Å². The second-order valence-electron chi connectivity index (χ2n) is 8.34. The number of Topliss-reactive ketones (excluding diaryl/α,β-unsaturated/α-hetero) is 2. The quantitative estimate of drug-likeness (QED) is 0.320. The first kappa shape index (κ1) is 26.4. The van der Waals surface area contributed by atoms with Gasteiger partial charge in [0.15, 0.2) is 5.78 Å². The minimum absolute atomic E-state index is 0.00232. The smallest absolute Gasteiger partial charge is 0.264 e. The molecule has 3 aromatic rings. The molecule has 1 aromatic heterocycles. The number of rotatable bonds is 8. The number of carbonyl (C=O) groups excluding carboxylic acids is 2. The molecule has 0 spiro atoms. The zero-order valence-electron chi connectivity index (χ0n) is 19.1. The van der Waals surface area contributed by atoms with Crippen molar-refractivity contribution in [1.82, 2.24) is 4.98 Å². The summed E-state index contributed by atoms with van der Waals surface area (Å²) in [6.45, 7) is 1.43. The number of halogens is 3. The number of anilines is 1. The van der Waals surface area contributed by atoms with Crippen molar-refractivity contribution >= 4 is 62.1 Å². The molecule has 2 aromatic carbocycles. The van der Waals surface area contributed by atoms with Crippen LogP contribution in [0, 0.1) is 0 Å². The van der Waals surface area contributed by atoms with Crippen molar-refractivity contribution in [3.05, 3.63) is 80.9 Å². The first-order chi connectivity index (χ1) is 17.1. The summed E-state index contributed by atoms with van der Waals surface area (Å²) in [7, 11) is -4.06. The average Bonchev–Trinajstić information content (AvgIpc) is 2.82. The normalized spacial score (nSPS) is 15.2. The Hall–Kier alpha value is -2.65. The van der Waals surface area contributed by atoms with E-state index in [2.05, 4.69) is 4.98 Å². The molecule has 0 aliphatic carbocycles. The third-order valence-electron chi connectivity index (χ3n) is 5.61. The molecule has 0 radical (unpaired) electrons. The summed E-state index contributed by atoms with van der Waals surface area (Å²) in [5.74, 6) is -0.284. The van der Waals surface area contributed by atoms with Crippen LogP contribution >= 0.6 is 34.8 Å². The summed E-state index contributed by atoms with van der Waals surface area (Å²) in [6, 6.07) is 12.3. The zero-order chi connectivity index (χ0) is 26.0. The maximum Gasteiger partial charge on any atom is 0.264 e. The molecule has 0 saturated heterocycles. The zero-order valence-corrected chi connectivity index (χ0v) is 22.2. The van der Waals surface area contributed by atoms with Crippen molar-refractivity contribution in [2.45, 2.75) is 37.2 Å². The third-order valence-corrected chi connectivity index (χ3v) is 8.25. The van der Waals surface area contributed by atoms with Gasteiger partial charge in [0.05, 0.1) is 27.0 Å². The van der Waals surface area contributed by atoms with Gasteiger partial charge in [0.2, 0.25) is 5.88 Å². The van der Waals surface area contributed by atoms with Gasteiger partial charge in [-0.3, -0.25) is 9.10 Å². The van der Waals surface area contributed by atoms with Crippen molar-refractivity contribution in [1.29, 1.82) is 0 Å². The Balaban J connectivity index is 1.72. The highest BCUT2D eigenvalue weighted by Crippen LogP contribution is 2.37. The first-order valence-electron chi connectivity index (χ1n) is 11.0. The Labute approximate surface area is 224 Å². The summed E-state index contributed by atoms with van der Waals surface area (Å²) in [6.07, 6.45) is 1.30. The molecule has 0 unspecified atom stereocenters. The van der Waals surface area contributed by atoms with Gasteiger partial charge >= 0.3 is 0 Å². The number of benzene rings is 2. The molecular formula is C25H21Cl3N2O5S. The molecular weight excluding hydrogens is 547 g/mol. The predicted octanol–water partition coefficient (Wildman–Crippen LogP) is 5.79. The number of ketones is 2. The van der Waals surface area contributed by atoms with E-state index in [1.807, 2.05) is 0 Å². The van der Waals surface area contributed by atoms with E-state index < -0.39 is 16.1 Å². The Morgan fingerprint density at radius 1 is 1.08 bits per heavy atom. The largest absolute Gasteiger partial charge is 0.471 e. The molecule has 0 N–H and O–H groups in total. The standard InChI is InChI=1S/C25H21Cl3N2O5S/c1-15(31)8-9-18-14-30(36(33,34)19-5-2-4-17(26)12-19)22-10-16(13-29-25(22)35-18)11-23(32)24-20(27)6-3-7-21(24)28/h2-7,10,12-13,18H,8-9,11,14H2,1H3/t18-/m0/s1. The van der Waals surface area contributed by atoms with E-state index in [1.165, 1.54) is 29.6 Å². The number of hydrogen-bond acceptors (Lipinski definition) is 6. The summed E-state index contributed by atoms with van der Waals surface area (Å²) in [4.78, 5) is 28.8. The second kappa shape index (κ2) is 10.8. The van der Waals surface area contributed by atoms with Crippen molar-refractivity contribution in [3.8, 4) is 5.88 Å². The number of hydrogen-bond donors (Lipinski definition) is 0. The highest BCUT2D eigenvalue weighted by Gasteiger charge is 2.36. The van der Waals surface area contributed by atoms with Crippen molar-refractivity contribution in [2.24, 2.45) is 0 Å². The molecule has 36 heavy (non-hydrogen) atoms.